The lowest BCUT2D eigenvalue weighted by molar-refractivity contribution is 0.669. The normalized spacial score (nSPS) is 11.5. The van der Waals surface area contributed by atoms with E-state index in [0.717, 1.165) is 66.6 Å². The molecule has 3 aromatic heterocycles. The molecule has 5 heteroatoms. The topological polar surface area (TPSA) is 56.7 Å². The molecular weight excluding hydrogens is 757 g/mol. The van der Waals surface area contributed by atoms with Crippen molar-refractivity contribution in [2.24, 2.45) is 0 Å². The van der Waals surface area contributed by atoms with Gasteiger partial charge in [0.2, 0.25) is 0 Å². The van der Waals surface area contributed by atoms with E-state index in [4.69, 9.17) is 19.4 Å². The van der Waals surface area contributed by atoms with E-state index in [0.29, 0.717) is 17.5 Å². The summed E-state index contributed by atoms with van der Waals surface area (Å²) in [7, 11) is 0. The molecule has 290 valence electrons. The van der Waals surface area contributed by atoms with E-state index in [2.05, 4.69) is 187 Å². The third kappa shape index (κ3) is 6.06. The smallest absolute Gasteiger partial charge is 0.164 e. The van der Waals surface area contributed by atoms with Gasteiger partial charge in [0.05, 0.1) is 16.7 Å². The Balaban J connectivity index is 0.946. The van der Waals surface area contributed by atoms with Crippen LogP contribution in [-0.2, 0) is 0 Å². The van der Waals surface area contributed by atoms with Gasteiger partial charge in [-0.3, -0.25) is 0 Å². The third-order valence-corrected chi connectivity index (χ3v) is 11.9. The van der Waals surface area contributed by atoms with Crippen LogP contribution in [0, 0.1) is 0 Å². The van der Waals surface area contributed by atoms with E-state index >= 15 is 0 Å². The SMILES string of the molecule is c1ccc(-c2ccc(-c3ccc(-c4nc(-c5ccccc5)nc(-c5ccc6c(c5)oc5cccc(-c7ccccc7-n7c8ccccc8c8ccccc87)c56)n4)cc3)cc2)cc1. The largest absolute Gasteiger partial charge is 0.456 e. The molecule has 3 heterocycles. The molecule has 0 saturated heterocycles. The van der Waals surface area contributed by atoms with Crippen molar-refractivity contribution in [1.29, 1.82) is 0 Å². The molecule has 0 bridgehead atoms. The monoisotopic (exact) mass is 792 g/mol. The molecule has 0 radical (unpaired) electrons. The summed E-state index contributed by atoms with van der Waals surface area (Å²) in [6.45, 7) is 0. The number of nitrogens with zero attached hydrogens (tertiary/aromatic N) is 4. The summed E-state index contributed by atoms with van der Waals surface area (Å²) in [5, 5.41) is 4.56. The zero-order chi connectivity index (χ0) is 41.0. The Morgan fingerprint density at radius 2 is 0.758 bits per heavy atom. The van der Waals surface area contributed by atoms with Gasteiger partial charge in [0.15, 0.2) is 17.5 Å². The average molecular weight is 793 g/mol. The van der Waals surface area contributed by atoms with Crippen LogP contribution in [0.3, 0.4) is 0 Å². The van der Waals surface area contributed by atoms with Gasteiger partial charge in [0.25, 0.3) is 0 Å². The van der Waals surface area contributed by atoms with Gasteiger partial charge in [0.1, 0.15) is 11.2 Å². The van der Waals surface area contributed by atoms with Crippen LogP contribution < -0.4 is 0 Å². The molecule has 12 aromatic rings. The van der Waals surface area contributed by atoms with Crippen molar-refractivity contribution >= 4 is 43.7 Å². The van der Waals surface area contributed by atoms with Crippen molar-refractivity contribution < 1.29 is 4.42 Å². The predicted molar refractivity (Wildman–Crippen MR) is 254 cm³/mol. The lowest BCUT2D eigenvalue weighted by Gasteiger charge is -2.14. The number of benzene rings is 9. The molecule has 0 aliphatic rings. The second kappa shape index (κ2) is 14.7. The van der Waals surface area contributed by atoms with Crippen LogP contribution in [0.25, 0.3) is 117 Å². The molecule has 5 nitrogen and oxygen atoms in total. The standard InChI is InChI=1S/C57H36N4O/c1-3-14-37(15-4-1)38-26-28-39(29-27-38)40-30-32-42(33-31-40)56-58-55(41-16-5-2-6-17-41)59-57(60-56)43-34-35-48-53(36-43)62-52-25-13-21-47(54(48)52)46-20-9-12-24-51(46)61-49-22-10-7-18-44(49)45-19-8-11-23-50(45)61/h1-36H. The maximum atomic E-state index is 6.69. The Morgan fingerprint density at radius 1 is 0.306 bits per heavy atom. The molecule has 0 amide bonds. The fraction of sp³-hybridized carbons (Fsp3) is 0. The quantitative estimate of drug-likeness (QED) is 0.161. The van der Waals surface area contributed by atoms with Crippen LogP contribution in [0.15, 0.2) is 223 Å². The molecule has 62 heavy (non-hydrogen) atoms. The Labute approximate surface area is 357 Å². The Bertz CT molecular complexity index is 3550. The van der Waals surface area contributed by atoms with E-state index in [1.807, 2.05) is 36.4 Å². The lowest BCUT2D eigenvalue weighted by atomic mass is 9.97. The molecule has 0 N–H and O–H groups in total. The zero-order valence-corrected chi connectivity index (χ0v) is 33.5. The molecular formula is C57H36N4O. The molecule has 0 fully saturated rings. The summed E-state index contributed by atoms with van der Waals surface area (Å²) >= 11 is 0. The molecule has 0 spiro atoms. The number of hydrogen-bond donors (Lipinski definition) is 0. The summed E-state index contributed by atoms with van der Waals surface area (Å²) in [5.74, 6) is 1.79. The summed E-state index contributed by atoms with van der Waals surface area (Å²) in [5.41, 5.74) is 14.6. The molecule has 0 aliphatic heterocycles. The van der Waals surface area contributed by atoms with Crippen molar-refractivity contribution in [1.82, 2.24) is 19.5 Å². The molecule has 12 rings (SSSR count). The molecule has 9 aromatic carbocycles. The number of furan rings is 1. The van der Waals surface area contributed by atoms with Crippen molar-refractivity contribution in [3.63, 3.8) is 0 Å². The third-order valence-electron chi connectivity index (χ3n) is 11.9. The number of fused-ring (bicyclic) bond motifs is 6. The van der Waals surface area contributed by atoms with Gasteiger partial charge in [0, 0.05) is 43.8 Å². The van der Waals surface area contributed by atoms with Crippen molar-refractivity contribution in [2.45, 2.75) is 0 Å². The van der Waals surface area contributed by atoms with Gasteiger partial charge in [-0.2, -0.15) is 0 Å². The average Bonchev–Trinajstić information content (AvgIpc) is 3.90. The maximum Gasteiger partial charge on any atom is 0.164 e. The van der Waals surface area contributed by atoms with Crippen LogP contribution in [0.5, 0.6) is 0 Å². The van der Waals surface area contributed by atoms with Crippen molar-refractivity contribution in [2.75, 3.05) is 0 Å². The van der Waals surface area contributed by atoms with E-state index in [9.17, 15) is 0 Å². The maximum absolute atomic E-state index is 6.69. The van der Waals surface area contributed by atoms with Gasteiger partial charge >= 0.3 is 0 Å². The Hall–Kier alpha value is -8.41. The van der Waals surface area contributed by atoms with E-state index in [1.165, 1.54) is 32.9 Å². The first-order valence-corrected chi connectivity index (χ1v) is 20.8. The fourth-order valence-corrected chi connectivity index (χ4v) is 8.92. The van der Waals surface area contributed by atoms with Crippen LogP contribution in [0.2, 0.25) is 0 Å². The zero-order valence-electron chi connectivity index (χ0n) is 33.5. The summed E-state index contributed by atoms with van der Waals surface area (Å²) in [6.07, 6.45) is 0. The first kappa shape index (κ1) is 35.5. The van der Waals surface area contributed by atoms with E-state index < -0.39 is 0 Å². The van der Waals surface area contributed by atoms with E-state index in [-0.39, 0.29) is 0 Å². The van der Waals surface area contributed by atoms with Gasteiger partial charge in [-0.1, -0.05) is 182 Å². The van der Waals surface area contributed by atoms with Gasteiger partial charge in [-0.15, -0.1) is 0 Å². The number of para-hydroxylation sites is 3. The number of hydrogen-bond acceptors (Lipinski definition) is 4. The van der Waals surface area contributed by atoms with Crippen LogP contribution in [0.1, 0.15) is 0 Å². The number of rotatable bonds is 7. The van der Waals surface area contributed by atoms with Crippen LogP contribution in [0.4, 0.5) is 0 Å². The molecule has 0 aliphatic carbocycles. The molecule has 0 saturated carbocycles. The second-order valence-electron chi connectivity index (χ2n) is 15.6. The van der Waals surface area contributed by atoms with Gasteiger partial charge < -0.3 is 8.98 Å². The minimum absolute atomic E-state index is 0.578. The first-order valence-electron chi connectivity index (χ1n) is 20.8. The molecule has 0 unspecified atom stereocenters. The van der Waals surface area contributed by atoms with Crippen LogP contribution in [-0.4, -0.2) is 19.5 Å². The number of aromatic nitrogens is 4. The Morgan fingerprint density at radius 3 is 1.39 bits per heavy atom. The highest BCUT2D eigenvalue weighted by molar-refractivity contribution is 6.15. The first-order chi connectivity index (χ1) is 30.7. The Kier molecular flexibility index (Phi) is 8.42. The highest BCUT2D eigenvalue weighted by atomic mass is 16.3. The predicted octanol–water partition coefficient (Wildman–Crippen LogP) is 14.9. The van der Waals surface area contributed by atoms with E-state index in [1.54, 1.807) is 0 Å². The summed E-state index contributed by atoms with van der Waals surface area (Å²) in [6, 6.07) is 76.3. The fourth-order valence-electron chi connectivity index (χ4n) is 8.92. The lowest BCUT2D eigenvalue weighted by Crippen LogP contribution is -2.00. The van der Waals surface area contributed by atoms with Crippen LogP contribution >= 0.6 is 0 Å². The van der Waals surface area contributed by atoms with Gasteiger partial charge in [-0.25, -0.2) is 15.0 Å². The second-order valence-corrected chi connectivity index (χ2v) is 15.6. The highest BCUT2D eigenvalue weighted by Crippen LogP contribution is 2.42. The minimum Gasteiger partial charge on any atom is -0.456 e. The highest BCUT2D eigenvalue weighted by Gasteiger charge is 2.20. The molecule has 0 atom stereocenters. The minimum atomic E-state index is 0.578. The van der Waals surface area contributed by atoms with Crippen molar-refractivity contribution in [3.8, 4) is 73.2 Å². The van der Waals surface area contributed by atoms with Gasteiger partial charge in [-0.05, 0) is 64.2 Å². The van der Waals surface area contributed by atoms with Crippen molar-refractivity contribution in [3.05, 3.63) is 218 Å². The summed E-state index contributed by atoms with van der Waals surface area (Å²) in [4.78, 5) is 15.2. The summed E-state index contributed by atoms with van der Waals surface area (Å²) < 4.78 is 9.07.